The highest BCUT2D eigenvalue weighted by atomic mass is 35.5. The van der Waals surface area contributed by atoms with Crippen LogP contribution in [0.2, 0.25) is 5.02 Å². The molecule has 128 valence electrons. The van der Waals surface area contributed by atoms with Crippen LogP contribution in [0.25, 0.3) is 0 Å². The highest BCUT2D eigenvalue weighted by molar-refractivity contribution is 6.32. The van der Waals surface area contributed by atoms with Crippen LogP contribution >= 0.6 is 11.6 Å². The van der Waals surface area contributed by atoms with Gasteiger partial charge in [-0.05, 0) is 13.0 Å². The molecule has 9 nitrogen and oxygen atoms in total. The molecule has 0 unspecified atom stereocenters. The van der Waals surface area contributed by atoms with Crippen molar-refractivity contribution in [2.75, 3.05) is 26.1 Å². The van der Waals surface area contributed by atoms with Crippen molar-refractivity contribution in [3.05, 3.63) is 33.6 Å². The van der Waals surface area contributed by atoms with Crippen LogP contribution in [-0.4, -0.2) is 35.7 Å². The van der Waals surface area contributed by atoms with E-state index in [-0.39, 0.29) is 24.0 Å². The molecule has 10 heteroatoms. The summed E-state index contributed by atoms with van der Waals surface area (Å²) in [5.41, 5.74) is 0.000826. The van der Waals surface area contributed by atoms with Crippen LogP contribution in [0.15, 0.2) is 18.5 Å². The van der Waals surface area contributed by atoms with Gasteiger partial charge in [0, 0.05) is 6.07 Å². The van der Waals surface area contributed by atoms with E-state index in [0.717, 1.165) is 6.33 Å². The second-order valence-corrected chi connectivity index (χ2v) is 4.79. The van der Waals surface area contributed by atoms with E-state index < -0.39 is 4.92 Å². The van der Waals surface area contributed by atoms with Crippen molar-refractivity contribution in [1.82, 2.24) is 9.97 Å². The summed E-state index contributed by atoms with van der Waals surface area (Å²) in [6, 6.07) is 3.08. The number of methoxy groups -OCH3 is 2. The van der Waals surface area contributed by atoms with Crippen LogP contribution in [0.5, 0.6) is 17.4 Å². The molecule has 0 saturated carbocycles. The zero-order valence-electron chi connectivity index (χ0n) is 13.2. The number of ether oxygens (including phenoxy) is 3. The Morgan fingerprint density at radius 2 is 1.96 bits per heavy atom. The largest absolute Gasteiger partial charge is 0.495 e. The minimum Gasteiger partial charge on any atom is -0.495 e. The van der Waals surface area contributed by atoms with Crippen LogP contribution in [0.1, 0.15) is 6.92 Å². The summed E-state index contributed by atoms with van der Waals surface area (Å²) in [7, 11) is 2.92. The molecule has 0 fully saturated rings. The van der Waals surface area contributed by atoms with Gasteiger partial charge in [0.05, 0.1) is 36.5 Å². The van der Waals surface area contributed by atoms with Gasteiger partial charge in [-0.3, -0.25) is 10.1 Å². The number of nitro groups is 1. The molecule has 0 spiro atoms. The maximum atomic E-state index is 11.4. The lowest BCUT2D eigenvalue weighted by molar-refractivity contribution is -0.385. The highest BCUT2D eigenvalue weighted by Gasteiger charge is 2.25. The van der Waals surface area contributed by atoms with Gasteiger partial charge in [0.2, 0.25) is 5.82 Å². The van der Waals surface area contributed by atoms with Gasteiger partial charge in [0.15, 0.2) is 0 Å². The summed E-state index contributed by atoms with van der Waals surface area (Å²) < 4.78 is 15.5. The number of nitrogens with zero attached hydrogens (tertiary/aromatic N) is 3. The molecule has 0 atom stereocenters. The van der Waals surface area contributed by atoms with Crippen molar-refractivity contribution < 1.29 is 19.1 Å². The predicted octanol–water partition coefficient (Wildman–Crippen LogP) is 3.20. The molecule has 2 aromatic rings. The fourth-order valence-corrected chi connectivity index (χ4v) is 2.19. The molecule has 0 aliphatic carbocycles. The molecular formula is C14H15ClN4O5. The van der Waals surface area contributed by atoms with E-state index in [1.54, 1.807) is 13.0 Å². The van der Waals surface area contributed by atoms with Gasteiger partial charge in [-0.15, -0.1) is 0 Å². The first-order valence-corrected chi connectivity index (χ1v) is 7.20. The van der Waals surface area contributed by atoms with Gasteiger partial charge in [0.1, 0.15) is 17.8 Å². The fourth-order valence-electron chi connectivity index (χ4n) is 1.95. The lowest BCUT2D eigenvalue weighted by Gasteiger charge is -2.14. The molecule has 0 radical (unpaired) electrons. The number of rotatable bonds is 7. The van der Waals surface area contributed by atoms with E-state index in [4.69, 9.17) is 25.8 Å². The molecule has 24 heavy (non-hydrogen) atoms. The normalized spacial score (nSPS) is 10.2. The molecule has 0 amide bonds. The zero-order valence-corrected chi connectivity index (χ0v) is 14.0. The molecule has 1 N–H and O–H groups in total. The fraction of sp³-hybridized carbons (Fsp3) is 0.286. The van der Waals surface area contributed by atoms with E-state index in [2.05, 4.69) is 15.3 Å². The Morgan fingerprint density at radius 1 is 1.25 bits per heavy atom. The van der Waals surface area contributed by atoms with Gasteiger partial charge in [-0.2, -0.15) is 4.98 Å². The van der Waals surface area contributed by atoms with Crippen molar-refractivity contribution >= 4 is 28.8 Å². The number of anilines is 2. The number of nitrogens with one attached hydrogen (secondary N) is 1. The molecule has 0 saturated heterocycles. The Hall–Kier alpha value is -2.81. The zero-order chi connectivity index (χ0) is 17.7. The van der Waals surface area contributed by atoms with Gasteiger partial charge in [-0.25, -0.2) is 4.98 Å². The highest BCUT2D eigenvalue weighted by Crippen LogP contribution is 2.39. The Labute approximate surface area is 142 Å². The minimum absolute atomic E-state index is 0.0435. The Bertz CT molecular complexity index is 756. The van der Waals surface area contributed by atoms with Crippen LogP contribution in [0.3, 0.4) is 0 Å². The minimum atomic E-state index is -0.620. The third kappa shape index (κ3) is 3.57. The third-order valence-electron chi connectivity index (χ3n) is 2.98. The smallest absolute Gasteiger partial charge is 0.373 e. The van der Waals surface area contributed by atoms with Gasteiger partial charge < -0.3 is 19.5 Å². The summed E-state index contributed by atoms with van der Waals surface area (Å²) in [5, 5.41) is 14.5. The van der Waals surface area contributed by atoms with Crippen LogP contribution in [0, 0.1) is 10.1 Å². The predicted molar refractivity (Wildman–Crippen MR) is 87.7 cm³/mol. The maximum Gasteiger partial charge on any atom is 0.373 e. The Balaban J connectivity index is 2.50. The molecule has 1 heterocycles. The summed E-state index contributed by atoms with van der Waals surface area (Å²) in [6.07, 6.45) is 1.16. The van der Waals surface area contributed by atoms with Crippen molar-refractivity contribution in [2.45, 2.75) is 6.92 Å². The second-order valence-electron chi connectivity index (χ2n) is 4.38. The lowest BCUT2D eigenvalue weighted by Crippen LogP contribution is -2.06. The van der Waals surface area contributed by atoms with Crippen LogP contribution in [0.4, 0.5) is 17.2 Å². The number of hydrogen-bond donors (Lipinski definition) is 1. The summed E-state index contributed by atoms with van der Waals surface area (Å²) in [5.74, 6) is 0.616. The number of hydrogen-bond acceptors (Lipinski definition) is 8. The average molecular weight is 355 g/mol. The quantitative estimate of drug-likeness (QED) is 0.596. The molecule has 1 aromatic carbocycles. The first-order valence-electron chi connectivity index (χ1n) is 6.82. The van der Waals surface area contributed by atoms with E-state index in [1.807, 2.05) is 0 Å². The number of aromatic nitrogens is 2. The van der Waals surface area contributed by atoms with Crippen molar-refractivity contribution in [3.63, 3.8) is 0 Å². The van der Waals surface area contributed by atoms with Crippen molar-refractivity contribution in [3.8, 4) is 17.4 Å². The van der Waals surface area contributed by atoms with Gasteiger partial charge in [-0.1, -0.05) is 11.6 Å². The number of halogens is 1. The molecule has 1 aromatic heterocycles. The molecule has 0 aliphatic heterocycles. The SMILES string of the molecule is CCOc1ncnc(Nc2cc(Cl)c(OC)cc2OC)c1[N+](=O)[O-]. The topological polar surface area (TPSA) is 109 Å². The van der Waals surface area contributed by atoms with Crippen molar-refractivity contribution in [2.24, 2.45) is 0 Å². The third-order valence-corrected chi connectivity index (χ3v) is 3.27. The van der Waals surface area contributed by atoms with Gasteiger partial charge in [0.25, 0.3) is 5.88 Å². The van der Waals surface area contributed by atoms with E-state index in [0.29, 0.717) is 22.2 Å². The van der Waals surface area contributed by atoms with E-state index in [1.165, 1.54) is 20.3 Å². The Kier molecular flexibility index (Phi) is 5.59. The molecule has 2 rings (SSSR count). The molecule has 0 aliphatic rings. The summed E-state index contributed by atoms with van der Waals surface area (Å²) >= 11 is 6.10. The Morgan fingerprint density at radius 3 is 2.54 bits per heavy atom. The van der Waals surface area contributed by atoms with Crippen molar-refractivity contribution in [1.29, 1.82) is 0 Å². The standard InChI is InChI=1S/C14H15ClN4O5/c1-4-24-14-12(19(20)21)13(16-7-17-14)18-9-5-8(15)10(22-2)6-11(9)23-3/h5-7H,4H2,1-3H3,(H,16,17,18). The van der Waals surface area contributed by atoms with E-state index >= 15 is 0 Å². The average Bonchev–Trinajstić information content (AvgIpc) is 2.55. The van der Waals surface area contributed by atoms with E-state index in [9.17, 15) is 10.1 Å². The second kappa shape index (κ2) is 7.64. The van der Waals surface area contributed by atoms with Crippen LogP contribution in [-0.2, 0) is 0 Å². The summed E-state index contributed by atoms with van der Waals surface area (Å²) in [6.45, 7) is 1.93. The first-order chi connectivity index (χ1) is 11.5. The number of benzene rings is 1. The lowest BCUT2D eigenvalue weighted by atomic mass is 10.2. The molecule has 0 bridgehead atoms. The van der Waals surface area contributed by atoms with Crippen LogP contribution < -0.4 is 19.5 Å². The monoisotopic (exact) mass is 354 g/mol. The maximum absolute atomic E-state index is 11.4. The summed E-state index contributed by atoms with van der Waals surface area (Å²) in [4.78, 5) is 18.4. The first kappa shape index (κ1) is 17.5. The molecular weight excluding hydrogens is 340 g/mol. The van der Waals surface area contributed by atoms with Gasteiger partial charge >= 0.3 is 5.69 Å².